The zero-order valence-electron chi connectivity index (χ0n) is 20.7. The van der Waals surface area contributed by atoms with Crippen LogP contribution >= 0.6 is 0 Å². The molecular formula is C24H30FN3O8S. The fourth-order valence-corrected chi connectivity index (χ4v) is 5.95. The van der Waals surface area contributed by atoms with Crippen LogP contribution in [0.5, 0.6) is 11.6 Å². The number of aliphatic carboxylic acids is 1. The van der Waals surface area contributed by atoms with Crippen LogP contribution in [-0.2, 0) is 24.3 Å². The standard InChI is InChI=1S/C22H24FN3O8S.C2H6/c1-32-10-11-33-22(29)26-15-4-8-18(26)20(21(27)28)25(13-15)35(30,31)17-7-9-19(24-12-17)34-16-5-2-14(23)3-6-16;1-2/h2-3,5-7,9,12,15,18,20H,4,8,10-11,13H2,1H3,(H,27,28);1-2H3/t15-,18+,20?;/m1./s1. The predicted molar refractivity (Wildman–Crippen MR) is 129 cm³/mol. The molecule has 1 unspecified atom stereocenters. The number of rotatable bonds is 8. The zero-order chi connectivity index (χ0) is 27.2. The molecule has 0 aliphatic carbocycles. The normalized spacial score (nSPS) is 21.1. The van der Waals surface area contributed by atoms with Crippen LogP contribution in [0.4, 0.5) is 9.18 Å². The van der Waals surface area contributed by atoms with Crippen molar-refractivity contribution in [2.24, 2.45) is 0 Å². The minimum absolute atomic E-state index is 0.00301. The van der Waals surface area contributed by atoms with Crippen LogP contribution in [0.2, 0.25) is 0 Å². The van der Waals surface area contributed by atoms with Gasteiger partial charge in [0, 0.05) is 25.8 Å². The first-order valence-electron chi connectivity index (χ1n) is 11.8. The van der Waals surface area contributed by atoms with E-state index in [4.69, 9.17) is 14.2 Å². The molecule has 2 aliphatic rings. The third-order valence-electron chi connectivity index (χ3n) is 5.94. The second-order valence-corrected chi connectivity index (χ2v) is 9.95. The minimum Gasteiger partial charge on any atom is -0.480 e. The van der Waals surface area contributed by atoms with Crippen molar-refractivity contribution >= 4 is 22.1 Å². The molecule has 11 nitrogen and oxygen atoms in total. The van der Waals surface area contributed by atoms with Gasteiger partial charge < -0.3 is 19.3 Å². The number of piperazine rings is 1. The van der Waals surface area contributed by atoms with E-state index in [9.17, 15) is 27.5 Å². The number of amides is 1. The summed E-state index contributed by atoms with van der Waals surface area (Å²) >= 11 is 0. The largest absolute Gasteiger partial charge is 0.480 e. The quantitative estimate of drug-likeness (QED) is 0.502. The van der Waals surface area contributed by atoms with Gasteiger partial charge in [-0.05, 0) is 43.2 Å². The van der Waals surface area contributed by atoms with Crippen molar-refractivity contribution < 1.29 is 41.7 Å². The first-order valence-corrected chi connectivity index (χ1v) is 13.2. The lowest BCUT2D eigenvalue weighted by atomic mass is 10.1. The number of sulfonamides is 1. The Morgan fingerprint density at radius 2 is 1.81 bits per heavy atom. The van der Waals surface area contributed by atoms with Gasteiger partial charge in [0.05, 0.1) is 18.8 Å². The molecule has 0 saturated carbocycles. The van der Waals surface area contributed by atoms with E-state index in [-0.39, 0.29) is 30.5 Å². The van der Waals surface area contributed by atoms with E-state index in [1.807, 2.05) is 13.8 Å². The van der Waals surface area contributed by atoms with Crippen LogP contribution < -0.4 is 4.74 Å². The zero-order valence-corrected chi connectivity index (χ0v) is 21.6. The molecule has 2 bridgehead atoms. The summed E-state index contributed by atoms with van der Waals surface area (Å²) in [5.74, 6) is -1.41. The van der Waals surface area contributed by atoms with E-state index in [0.717, 1.165) is 10.5 Å². The van der Waals surface area contributed by atoms with Gasteiger partial charge in [-0.1, -0.05) is 13.8 Å². The first-order chi connectivity index (χ1) is 17.7. The Hall–Kier alpha value is -3.29. The monoisotopic (exact) mass is 539 g/mol. The highest BCUT2D eigenvalue weighted by Gasteiger charge is 2.55. The fourth-order valence-electron chi connectivity index (χ4n) is 4.36. The number of carboxylic acids is 1. The number of nitrogens with zero attached hydrogens (tertiary/aromatic N) is 3. The molecule has 1 aromatic heterocycles. The van der Waals surface area contributed by atoms with E-state index < -0.39 is 46.0 Å². The number of carbonyl (C=O) groups excluding carboxylic acids is 1. The van der Waals surface area contributed by atoms with Crippen molar-refractivity contribution in [3.8, 4) is 11.6 Å². The molecule has 3 atom stereocenters. The van der Waals surface area contributed by atoms with Gasteiger partial charge in [-0.25, -0.2) is 22.6 Å². The number of carboxylic acid groups (broad SMARTS) is 1. The molecule has 3 heterocycles. The van der Waals surface area contributed by atoms with Crippen LogP contribution in [0.15, 0.2) is 47.5 Å². The summed E-state index contributed by atoms with van der Waals surface area (Å²) in [6.45, 7) is 4.00. The van der Waals surface area contributed by atoms with Gasteiger partial charge in [0.2, 0.25) is 15.9 Å². The molecule has 37 heavy (non-hydrogen) atoms. The van der Waals surface area contributed by atoms with Crippen molar-refractivity contribution in [1.82, 2.24) is 14.2 Å². The van der Waals surface area contributed by atoms with Gasteiger partial charge in [0.15, 0.2) is 0 Å². The molecule has 13 heteroatoms. The number of carbonyl (C=O) groups is 2. The molecule has 0 spiro atoms. The molecule has 2 fully saturated rings. The number of ether oxygens (including phenoxy) is 3. The Morgan fingerprint density at radius 1 is 1.11 bits per heavy atom. The van der Waals surface area contributed by atoms with Gasteiger partial charge in [-0.3, -0.25) is 9.69 Å². The molecule has 1 amide bonds. The predicted octanol–water partition coefficient (Wildman–Crippen LogP) is 3.11. The van der Waals surface area contributed by atoms with Crippen molar-refractivity contribution in [3.63, 3.8) is 0 Å². The molecule has 4 rings (SSSR count). The minimum atomic E-state index is -4.26. The SMILES string of the molecule is CC.COCCOC(=O)N1[C@@H]2CC[C@H]1C(C(=O)O)N(S(=O)(=O)c1ccc(Oc3ccc(F)cc3)nc1)C2. The lowest BCUT2D eigenvalue weighted by molar-refractivity contribution is -0.145. The highest BCUT2D eigenvalue weighted by molar-refractivity contribution is 7.89. The summed E-state index contributed by atoms with van der Waals surface area (Å²) in [5, 5.41) is 9.91. The number of pyridine rings is 1. The summed E-state index contributed by atoms with van der Waals surface area (Å²) in [4.78, 5) is 29.9. The third-order valence-corrected chi connectivity index (χ3v) is 7.77. The van der Waals surface area contributed by atoms with E-state index in [0.29, 0.717) is 18.6 Å². The lowest BCUT2D eigenvalue weighted by Crippen LogP contribution is -2.64. The molecule has 2 aliphatic heterocycles. The van der Waals surface area contributed by atoms with E-state index in [2.05, 4.69) is 4.98 Å². The maximum Gasteiger partial charge on any atom is 0.410 e. The van der Waals surface area contributed by atoms with Crippen LogP contribution in [0.25, 0.3) is 0 Å². The van der Waals surface area contributed by atoms with E-state index in [1.54, 1.807) is 0 Å². The molecule has 1 N–H and O–H groups in total. The number of fused-ring (bicyclic) bond motifs is 2. The molecule has 202 valence electrons. The Morgan fingerprint density at radius 3 is 2.41 bits per heavy atom. The van der Waals surface area contributed by atoms with Crippen molar-refractivity contribution in [2.75, 3.05) is 26.9 Å². The Balaban J connectivity index is 0.00000186. The summed E-state index contributed by atoms with van der Waals surface area (Å²) in [7, 11) is -2.80. The topological polar surface area (TPSA) is 136 Å². The van der Waals surface area contributed by atoms with Crippen molar-refractivity contribution in [2.45, 2.75) is 49.7 Å². The summed E-state index contributed by atoms with van der Waals surface area (Å²) in [6.07, 6.45) is 1.15. The van der Waals surface area contributed by atoms with Crippen LogP contribution in [-0.4, -0.2) is 84.8 Å². The van der Waals surface area contributed by atoms with Gasteiger partial charge in [0.25, 0.3) is 0 Å². The van der Waals surface area contributed by atoms with Crippen LogP contribution in [0.1, 0.15) is 26.7 Å². The molecular weight excluding hydrogens is 509 g/mol. The average molecular weight is 540 g/mol. The highest BCUT2D eigenvalue weighted by Crippen LogP contribution is 2.38. The smallest absolute Gasteiger partial charge is 0.410 e. The number of halogens is 1. The van der Waals surface area contributed by atoms with Gasteiger partial charge >= 0.3 is 12.1 Å². The van der Waals surface area contributed by atoms with Gasteiger partial charge in [0.1, 0.15) is 29.1 Å². The molecule has 0 radical (unpaired) electrons. The number of hydrogen-bond acceptors (Lipinski definition) is 8. The molecule has 2 aromatic rings. The fraction of sp³-hybridized carbons (Fsp3) is 0.458. The maximum atomic E-state index is 13.4. The number of aromatic nitrogens is 1. The van der Waals surface area contributed by atoms with E-state index >= 15 is 0 Å². The van der Waals surface area contributed by atoms with Crippen molar-refractivity contribution in [1.29, 1.82) is 0 Å². The van der Waals surface area contributed by atoms with E-state index in [1.165, 1.54) is 48.4 Å². The van der Waals surface area contributed by atoms with Gasteiger partial charge in [-0.2, -0.15) is 4.31 Å². The summed E-state index contributed by atoms with van der Waals surface area (Å²) < 4.78 is 56.3. The summed E-state index contributed by atoms with van der Waals surface area (Å²) in [6, 6.07) is 4.92. The second kappa shape index (κ2) is 12.3. The molecule has 2 saturated heterocycles. The first kappa shape index (κ1) is 28.3. The van der Waals surface area contributed by atoms with Crippen molar-refractivity contribution in [3.05, 3.63) is 48.4 Å². The Bertz CT molecular complexity index is 1180. The third kappa shape index (κ3) is 6.17. The maximum absolute atomic E-state index is 13.4. The number of hydrogen-bond donors (Lipinski definition) is 1. The Labute approximate surface area is 214 Å². The second-order valence-electron chi connectivity index (χ2n) is 8.06. The highest BCUT2D eigenvalue weighted by atomic mass is 32.2. The van der Waals surface area contributed by atoms with Crippen LogP contribution in [0, 0.1) is 5.82 Å². The lowest BCUT2D eigenvalue weighted by Gasteiger charge is -2.43. The Kier molecular flexibility index (Phi) is 9.40. The van der Waals surface area contributed by atoms with Gasteiger partial charge in [-0.15, -0.1) is 0 Å². The van der Waals surface area contributed by atoms with Crippen LogP contribution in [0.3, 0.4) is 0 Å². The molecule has 1 aromatic carbocycles. The summed E-state index contributed by atoms with van der Waals surface area (Å²) in [5.41, 5.74) is 0. The average Bonchev–Trinajstić information content (AvgIpc) is 3.19. The number of methoxy groups -OCH3 is 1. The number of benzene rings is 1.